The van der Waals surface area contributed by atoms with E-state index in [1.807, 2.05) is 0 Å². The Kier molecular flexibility index (Phi) is 63.2. The molecular weight excluding hydrogens is 949 g/mol. The van der Waals surface area contributed by atoms with Crippen LogP contribution in [-0.2, 0) is 28.6 Å². The van der Waals surface area contributed by atoms with Gasteiger partial charge < -0.3 is 14.2 Å². The van der Waals surface area contributed by atoms with Crippen LogP contribution in [0.2, 0.25) is 0 Å². The summed E-state index contributed by atoms with van der Waals surface area (Å²) in [5.41, 5.74) is 0. The van der Waals surface area contributed by atoms with Crippen molar-refractivity contribution in [1.82, 2.24) is 0 Å². The van der Waals surface area contributed by atoms with Gasteiger partial charge in [0.25, 0.3) is 0 Å². The lowest BCUT2D eigenvalue weighted by Crippen LogP contribution is -2.30. The standard InChI is InChI=1S/C71H128O6/c1-4-7-10-13-16-19-22-24-26-28-29-30-31-32-33-34-35-36-37-38-39-40-41-42-43-44-46-47-49-52-55-58-61-64-70(73)76-67-68(66-75-69(72)63-60-57-54-51-21-18-15-12-9-6-3)77-71(74)65-62-59-56-53-50-48-45-27-25-23-20-17-14-11-8-5-2/h7,10,12,15-16,19,24,26,29-30,68H,4-6,8-9,11,13-14,17-18,20-23,25,27-28,31-67H2,1-3H3/b10-7-,15-12-,19-16-,26-24-,30-29-. The molecule has 0 radical (unpaired) electrons. The highest BCUT2D eigenvalue weighted by Crippen LogP contribution is 2.18. The number of ether oxygens (including phenoxy) is 3. The van der Waals surface area contributed by atoms with Gasteiger partial charge in [-0.15, -0.1) is 0 Å². The van der Waals surface area contributed by atoms with Crippen molar-refractivity contribution >= 4 is 17.9 Å². The van der Waals surface area contributed by atoms with Crippen LogP contribution in [0, 0.1) is 0 Å². The van der Waals surface area contributed by atoms with Crippen molar-refractivity contribution in [3.05, 3.63) is 60.8 Å². The molecule has 0 amide bonds. The van der Waals surface area contributed by atoms with Gasteiger partial charge >= 0.3 is 17.9 Å². The molecule has 6 heteroatoms. The minimum Gasteiger partial charge on any atom is -0.462 e. The van der Waals surface area contributed by atoms with Crippen LogP contribution in [0.5, 0.6) is 0 Å². The van der Waals surface area contributed by atoms with E-state index in [1.165, 1.54) is 218 Å². The third kappa shape index (κ3) is 63.8. The molecule has 6 nitrogen and oxygen atoms in total. The maximum absolute atomic E-state index is 12.9. The van der Waals surface area contributed by atoms with Gasteiger partial charge in [-0.25, -0.2) is 0 Å². The Balaban J connectivity index is 4.05. The van der Waals surface area contributed by atoms with E-state index >= 15 is 0 Å². The predicted octanol–water partition coefficient (Wildman–Crippen LogP) is 23.1. The van der Waals surface area contributed by atoms with Crippen molar-refractivity contribution in [3.8, 4) is 0 Å². The number of rotatable bonds is 62. The molecule has 0 fully saturated rings. The molecule has 0 aromatic carbocycles. The molecule has 0 aromatic heterocycles. The Labute approximate surface area is 479 Å². The minimum absolute atomic E-state index is 0.0706. The SMILES string of the molecule is CC/C=C\C/C=C\C/C=C\C/C=C\CCCCCCCCCCCCCCCCCCCCCCC(=O)OCC(COC(=O)CCCCCCC/C=C\CCC)OC(=O)CCCCCCCCCCCCCCCCCC. The summed E-state index contributed by atoms with van der Waals surface area (Å²) in [5, 5.41) is 0. The largest absolute Gasteiger partial charge is 0.462 e. The van der Waals surface area contributed by atoms with Gasteiger partial charge in [-0.05, 0) is 77.0 Å². The number of esters is 3. The van der Waals surface area contributed by atoms with Crippen LogP contribution < -0.4 is 0 Å². The summed E-state index contributed by atoms with van der Waals surface area (Å²) in [5.74, 6) is -0.860. The van der Waals surface area contributed by atoms with E-state index in [0.717, 1.165) is 96.3 Å². The first-order chi connectivity index (χ1) is 38.0. The third-order valence-electron chi connectivity index (χ3n) is 15.0. The van der Waals surface area contributed by atoms with Crippen molar-refractivity contribution in [3.63, 3.8) is 0 Å². The number of unbranched alkanes of at least 4 members (excludes halogenated alkanes) is 41. The highest BCUT2D eigenvalue weighted by Gasteiger charge is 2.19. The Morgan fingerprint density at radius 2 is 0.532 bits per heavy atom. The van der Waals surface area contributed by atoms with Crippen molar-refractivity contribution in [2.24, 2.45) is 0 Å². The second kappa shape index (κ2) is 65.6. The lowest BCUT2D eigenvalue weighted by Gasteiger charge is -2.18. The Morgan fingerprint density at radius 3 is 0.857 bits per heavy atom. The predicted molar refractivity (Wildman–Crippen MR) is 335 cm³/mol. The fraction of sp³-hybridized carbons (Fsp3) is 0.817. The topological polar surface area (TPSA) is 78.9 Å². The maximum Gasteiger partial charge on any atom is 0.306 e. The summed E-state index contributed by atoms with van der Waals surface area (Å²) >= 11 is 0. The zero-order valence-corrected chi connectivity index (χ0v) is 51.5. The molecule has 448 valence electrons. The molecule has 0 bridgehead atoms. The van der Waals surface area contributed by atoms with E-state index in [9.17, 15) is 14.4 Å². The van der Waals surface area contributed by atoms with Gasteiger partial charge in [0.2, 0.25) is 0 Å². The van der Waals surface area contributed by atoms with Crippen molar-refractivity contribution in [2.75, 3.05) is 13.2 Å². The van der Waals surface area contributed by atoms with Gasteiger partial charge in [-0.3, -0.25) is 14.4 Å². The zero-order chi connectivity index (χ0) is 55.7. The number of hydrogen-bond acceptors (Lipinski definition) is 6. The average Bonchev–Trinajstić information content (AvgIpc) is 3.43. The minimum atomic E-state index is -0.772. The second-order valence-corrected chi connectivity index (χ2v) is 22.7. The van der Waals surface area contributed by atoms with E-state index in [0.29, 0.717) is 19.3 Å². The van der Waals surface area contributed by atoms with E-state index in [2.05, 4.69) is 81.5 Å². The lowest BCUT2D eigenvalue weighted by atomic mass is 10.0. The fourth-order valence-corrected chi connectivity index (χ4v) is 9.97. The van der Waals surface area contributed by atoms with E-state index in [4.69, 9.17) is 14.2 Å². The molecule has 0 rings (SSSR count). The lowest BCUT2D eigenvalue weighted by molar-refractivity contribution is -0.167. The number of carbonyl (C=O) groups is 3. The highest BCUT2D eigenvalue weighted by molar-refractivity contribution is 5.71. The maximum atomic E-state index is 12.9. The molecule has 0 spiro atoms. The molecule has 0 aromatic rings. The molecule has 1 unspecified atom stereocenters. The van der Waals surface area contributed by atoms with Gasteiger partial charge in [0.05, 0.1) is 0 Å². The average molecular weight is 1080 g/mol. The number of carbonyl (C=O) groups excluding carboxylic acids is 3. The van der Waals surface area contributed by atoms with E-state index in [-0.39, 0.29) is 31.1 Å². The second-order valence-electron chi connectivity index (χ2n) is 22.7. The molecule has 77 heavy (non-hydrogen) atoms. The molecule has 0 aliphatic heterocycles. The van der Waals surface area contributed by atoms with Crippen LogP contribution in [0.15, 0.2) is 60.8 Å². The molecule has 0 aliphatic rings. The molecule has 0 N–H and O–H groups in total. The first-order valence-corrected chi connectivity index (χ1v) is 33.8. The summed E-state index contributed by atoms with van der Waals surface area (Å²) in [6, 6.07) is 0. The number of hydrogen-bond donors (Lipinski definition) is 0. The van der Waals surface area contributed by atoms with Gasteiger partial charge in [0.1, 0.15) is 13.2 Å². The third-order valence-corrected chi connectivity index (χ3v) is 15.0. The summed E-state index contributed by atoms with van der Waals surface area (Å²) in [6.45, 7) is 6.51. The monoisotopic (exact) mass is 1080 g/mol. The van der Waals surface area contributed by atoms with Gasteiger partial charge in [0, 0.05) is 19.3 Å². The summed E-state index contributed by atoms with van der Waals surface area (Å²) in [7, 11) is 0. The highest BCUT2D eigenvalue weighted by atomic mass is 16.6. The quantitative estimate of drug-likeness (QED) is 0.0261. The van der Waals surface area contributed by atoms with Crippen molar-refractivity contribution in [2.45, 2.75) is 361 Å². The Bertz CT molecular complexity index is 1380. The van der Waals surface area contributed by atoms with Crippen LogP contribution in [-0.4, -0.2) is 37.2 Å². The van der Waals surface area contributed by atoms with Crippen LogP contribution in [0.4, 0.5) is 0 Å². The molecule has 0 heterocycles. The number of allylic oxidation sites excluding steroid dienone is 10. The Hall–Kier alpha value is -2.89. The Morgan fingerprint density at radius 1 is 0.273 bits per heavy atom. The van der Waals surface area contributed by atoms with Crippen LogP contribution in [0.1, 0.15) is 355 Å². The normalized spacial score (nSPS) is 12.4. The van der Waals surface area contributed by atoms with Crippen LogP contribution in [0.25, 0.3) is 0 Å². The van der Waals surface area contributed by atoms with Gasteiger partial charge in [-0.2, -0.15) is 0 Å². The molecule has 0 aliphatic carbocycles. The first kappa shape index (κ1) is 74.1. The van der Waals surface area contributed by atoms with E-state index in [1.54, 1.807) is 0 Å². The molecule has 0 saturated carbocycles. The first-order valence-electron chi connectivity index (χ1n) is 33.8. The molecule has 1 atom stereocenters. The van der Waals surface area contributed by atoms with Crippen molar-refractivity contribution < 1.29 is 28.6 Å². The van der Waals surface area contributed by atoms with Crippen molar-refractivity contribution in [1.29, 1.82) is 0 Å². The smallest absolute Gasteiger partial charge is 0.306 e. The zero-order valence-electron chi connectivity index (χ0n) is 51.5. The molecular formula is C71H128O6. The van der Waals surface area contributed by atoms with E-state index < -0.39 is 6.10 Å². The van der Waals surface area contributed by atoms with Crippen LogP contribution >= 0.6 is 0 Å². The molecule has 0 saturated heterocycles. The summed E-state index contributed by atoms with van der Waals surface area (Å²) < 4.78 is 16.9. The summed E-state index contributed by atoms with van der Waals surface area (Å²) in [6.07, 6.45) is 84.1. The fourth-order valence-electron chi connectivity index (χ4n) is 9.97. The van der Waals surface area contributed by atoms with Gasteiger partial charge in [0.15, 0.2) is 6.10 Å². The summed E-state index contributed by atoms with van der Waals surface area (Å²) in [4.78, 5) is 38.2. The van der Waals surface area contributed by atoms with Gasteiger partial charge in [-0.1, -0.05) is 319 Å². The van der Waals surface area contributed by atoms with Crippen LogP contribution in [0.3, 0.4) is 0 Å².